The molecule has 4 rings (SSSR count). The predicted molar refractivity (Wildman–Crippen MR) is 119 cm³/mol. The Balaban J connectivity index is 1.51. The number of carboxylic acid groups (broad SMARTS) is 1. The molecule has 1 aromatic heterocycles. The molecule has 15 heteroatoms. The third-order valence-corrected chi connectivity index (χ3v) is 8.36. The van der Waals surface area contributed by atoms with Gasteiger partial charge in [0.05, 0.1) is 5.25 Å². The number of carboxylic acids is 1. The number of thioether (sulfide) groups is 2. The number of rotatable bonds is 7. The van der Waals surface area contributed by atoms with Crippen LogP contribution in [0.4, 0.5) is 5.13 Å². The van der Waals surface area contributed by atoms with Crippen LogP contribution in [0.2, 0.25) is 0 Å². The van der Waals surface area contributed by atoms with Gasteiger partial charge in [0.25, 0.3) is 11.8 Å². The zero-order chi connectivity index (χ0) is 23.0. The summed E-state index contributed by atoms with van der Waals surface area (Å²) in [5, 5.41) is 19.5. The number of β-lactam (4-membered cyclic amide) rings is 1. The van der Waals surface area contributed by atoms with E-state index >= 15 is 0 Å². The van der Waals surface area contributed by atoms with Crippen LogP contribution >= 0.6 is 34.9 Å². The monoisotopic (exact) mass is 498 g/mol. The van der Waals surface area contributed by atoms with Gasteiger partial charge in [0, 0.05) is 22.6 Å². The van der Waals surface area contributed by atoms with E-state index in [1.807, 2.05) is 0 Å². The van der Waals surface area contributed by atoms with Crippen molar-refractivity contribution in [3.05, 3.63) is 21.7 Å². The number of oxime groups is 1. The van der Waals surface area contributed by atoms with Crippen molar-refractivity contribution < 1.29 is 29.1 Å². The van der Waals surface area contributed by atoms with Crippen LogP contribution in [-0.2, 0) is 24.0 Å². The molecular weight excluding hydrogens is 480 g/mol. The average molecular weight is 499 g/mol. The van der Waals surface area contributed by atoms with Gasteiger partial charge in [-0.1, -0.05) is 5.16 Å². The van der Waals surface area contributed by atoms with Gasteiger partial charge in [-0.2, -0.15) is 0 Å². The molecule has 1 unspecified atom stereocenters. The van der Waals surface area contributed by atoms with Crippen molar-refractivity contribution in [2.45, 2.75) is 23.1 Å². The van der Waals surface area contributed by atoms with Crippen molar-refractivity contribution in [2.24, 2.45) is 5.16 Å². The minimum atomic E-state index is -1.26. The second-order valence-corrected chi connectivity index (χ2v) is 10.1. The summed E-state index contributed by atoms with van der Waals surface area (Å²) in [5.74, 6) is -2.35. The number of aromatic nitrogens is 1. The Kier molecular flexibility index (Phi) is 6.30. The molecule has 0 spiro atoms. The van der Waals surface area contributed by atoms with Crippen LogP contribution in [0.3, 0.4) is 0 Å². The van der Waals surface area contributed by atoms with Crippen LogP contribution in [0.1, 0.15) is 12.1 Å². The van der Waals surface area contributed by atoms with Gasteiger partial charge in [-0.3, -0.25) is 19.3 Å². The molecule has 3 aliphatic heterocycles. The van der Waals surface area contributed by atoms with Gasteiger partial charge in [0.2, 0.25) is 5.91 Å². The minimum absolute atomic E-state index is 0.146. The first-order valence-electron chi connectivity index (χ1n) is 9.30. The fraction of sp³-hybridized carbons (Fsp3) is 0.412. The maximum absolute atomic E-state index is 12.8. The topological polar surface area (TPSA) is 176 Å². The standard InChI is InChI=1S/C17H18N6O6S3/c1-29-22-9(6-4-31-17(18)20-6)13(25)21-10-14(26)23-11(16(27)28)8(5-30-15(10)23)32-7-2-3-19-12(7)24/h4,7,10,15H,2-3,5H2,1H3,(H2,18,20)(H,19,24)(H,21,25)(H,27,28)/t7?,10-,15+/m1/s1. The van der Waals surface area contributed by atoms with Gasteiger partial charge in [0.15, 0.2) is 10.8 Å². The fourth-order valence-electron chi connectivity index (χ4n) is 3.44. The number of nitrogen functional groups attached to an aromatic ring is 1. The molecule has 0 aromatic carbocycles. The van der Waals surface area contributed by atoms with E-state index in [0.29, 0.717) is 23.6 Å². The second-order valence-electron chi connectivity index (χ2n) is 6.82. The van der Waals surface area contributed by atoms with E-state index in [0.717, 1.165) is 16.2 Å². The summed E-state index contributed by atoms with van der Waals surface area (Å²) in [7, 11) is 1.27. The first-order chi connectivity index (χ1) is 15.3. The van der Waals surface area contributed by atoms with Crippen LogP contribution < -0.4 is 16.4 Å². The van der Waals surface area contributed by atoms with Gasteiger partial charge in [-0.05, 0) is 6.42 Å². The van der Waals surface area contributed by atoms with Crippen LogP contribution in [-0.4, -0.2) is 80.5 Å². The molecule has 1 aromatic rings. The van der Waals surface area contributed by atoms with Crippen molar-refractivity contribution in [3.63, 3.8) is 0 Å². The molecule has 0 aliphatic carbocycles. The maximum Gasteiger partial charge on any atom is 0.353 e. The Morgan fingerprint density at radius 1 is 1.47 bits per heavy atom. The average Bonchev–Trinajstić information content (AvgIpc) is 3.37. The number of hydrogen-bond donors (Lipinski definition) is 4. The zero-order valence-corrected chi connectivity index (χ0v) is 19.0. The molecule has 3 atom stereocenters. The minimum Gasteiger partial charge on any atom is -0.477 e. The van der Waals surface area contributed by atoms with Crippen molar-refractivity contribution in [1.82, 2.24) is 20.5 Å². The van der Waals surface area contributed by atoms with Crippen molar-refractivity contribution in [2.75, 3.05) is 25.1 Å². The Labute approximate surface area is 194 Å². The number of nitrogens with zero attached hydrogens (tertiary/aromatic N) is 3. The number of fused-ring (bicyclic) bond motifs is 1. The predicted octanol–water partition coefficient (Wildman–Crippen LogP) is -0.606. The number of thiazole rings is 1. The zero-order valence-electron chi connectivity index (χ0n) is 16.6. The highest BCUT2D eigenvalue weighted by Gasteiger charge is 2.55. The number of nitrogens with one attached hydrogen (secondary N) is 2. The lowest BCUT2D eigenvalue weighted by molar-refractivity contribution is -0.150. The quantitative estimate of drug-likeness (QED) is 0.215. The number of anilines is 1. The molecule has 0 bridgehead atoms. The summed E-state index contributed by atoms with van der Waals surface area (Å²) < 4.78 is 0. The summed E-state index contributed by atoms with van der Waals surface area (Å²) in [6.45, 7) is 0.536. The molecule has 2 fully saturated rings. The summed E-state index contributed by atoms with van der Waals surface area (Å²) >= 11 is 3.61. The first-order valence-corrected chi connectivity index (χ1v) is 12.1. The van der Waals surface area contributed by atoms with E-state index in [1.165, 1.54) is 36.0 Å². The largest absolute Gasteiger partial charge is 0.477 e. The van der Waals surface area contributed by atoms with E-state index in [9.17, 15) is 24.3 Å². The number of aliphatic carboxylic acids is 1. The number of carbonyl (C=O) groups is 4. The normalized spacial score (nSPS) is 25.2. The van der Waals surface area contributed by atoms with Crippen LogP contribution in [0.15, 0.2) is 21.1 Å². The molecule has 12 nitrogen and oxygen atoms in total. The molecule has 3 aliphatic rings. The molecular formula is C17H18N6O6S3. The molecule has 0 radical (unpaired) electrons. The molecule has 170 valence electrons. The summed E-state index contributed by atoms with van der Waals surface area (Å²) in [5.41, 5.74) is 5.52. The van der Waals surface area contributed by atoms with Gasteiger partial charge in [-0.25, -0.2) is 9.78 Å². The first kappa shape index (κ1) is 22.4. The maximum atomic E-state index is 12.8. The molecule has 32 heavy (non-hydrogen) atoms. The van der Waals surface area contributed by atoms with E-state index in [2.05, 4.69) is 20.8 Å². The number of nitrogens with two attached hydrogens (primary N) is 1. The van der Waals surface area contributed by atoms with Crippen molar-refractivity contribution >= 4 is 69.4 Å². The van der Waals surface area contributed by atoms with E-state index < -0.39 is 29.2 Å². The lowest BCUT2D eigenvalue weighted by Gasteiger charge is -2.49. The number of carbonyl (C=O) groups excluding carboxylic acids is 3. The van der Waals surface area contributed by atoms with E-state index in [1.54, 1.807) is 0 Å². The van der Waals surface area contributed by atoms with Gasteiger partial charge < -0.3 is 26.3 Å². The molecule has 5 N–H and O–H groups in total. The lowest BCUT2D eigenvalue weighted by atomic mass is 10.0. The van der Waals surface area contributed by atoms with Crippen LogP contribution in [0.5, 0.6) is 0 Å². The highest BCUT2D eigenvalue weighted by atomic mass is 32.2. The van der Waals surface area contributed by atoms with Crippen molar-refractivity contribution in [3.8, 4) is 0 Å². The van der Waals surface area contributed by atoms with Gasteiger partial charge >= 0.3 is 5.97 Å². The molecule has 4 heterocycles. The highest BCUT2D eigenvalue weighted by molar-refractivity contribution is 8.07. The Bertz CT molecular complexity index is 1060. The van der Waals surface area contributed by atoms with Crippen LogP contribution in [0.25, 0.3) is 0 Å². The van der Waals surface area contributed by atoms with Crippen molar-refractivity contribution in [1.29, 1.82) is 0 Å². The van der Waals surface area contributed by atoms with Gasteiger partial charge in [-0.15, -0.1) is 34.9 Å². The smallest absolute Gasteiger partial charge is 0.353 e. The Hall–Kier alpha value is -2.78. The number of hydrogen-bond acceptors (Lipinski definition) is 11. The Morgan fingerprint density at radius 2 is 2.25 bits per heavy atom. The molecule has 3 amide bonds. The van der Waals surface area contributed by atoms with E-state index in [-0.39, 0.29) is 33.4 Å². The van der Waals surface area contributed by atoms with Gasteiger partial charge in [0.1, 0.15) is 29.9 Å². The van der Waals surface area contributed by atoms with E-state index in [4.69, 9.17) is 10.6 Å². The number of amides is 3. The summed E-state index contributed by atoms with van der Waals surface area (Å²) in [4.78, 5) is 59.8. The molecule has 2 saturated heterocycles. The third-order valence-electron chi connectivity index (χ3n) is 4.87. The summed E-state index contributed by atoms with van der Waals surface area (Å²) in [6.07, 6.45) is 0.587. The lowest BCUT2D eigenvalue weighted by Crippen LogP contribution is -2.71. The summed E-state index contributed by atoms with van der Waals surface area (Å²) in [6, 6.07) is -0.943. The SMILES string of the molecule is CON=C(C(=O)N[C@@H]1C(=O)N2C(C(=O)O)=C(SC3CCNC3=O)CS[C@@H]12)c1csc(N)n1. The third kappa shape index (κ3) is 4.02. The fourth-order valence-corrected chi connectivity index (χ4v) is 6.72. The second kappa shape index (κ2) is 8.99. The highest BCUT2D eigenvalue weighted by Crippen LogP contribution is 2.45. The van der Waals surface area contributed by atoms with Crippen LogP contribution in [0, 0.1) is 0 Å². The molecule has 0 saturated carbocycles. The Morgan fingerprint density at radius 3 is 2.84 bits per heavy atom.